The molecule has 0 spiro atoms. The van der Waals surface area contributed by atoms with Crippen LogP contribution in [-0.4, -0.2) is 0 Å². The Hall–Kier alpha value is -6.18. The van der Waals surface area contributed by atoms with Crippen molar-refractivity contribution >= 4 is 65.0 Å². The summed E-state index contributed by atoms with van der Waals surface area (Å²) in [6.45, 7) is 0. The van der Waals surface area contributed by atoms with Gasteiger partial charge in [0.15, 0.2) is 0 Å². The zero-order valence-electron chi connectivity index (χ0n) is 30.2. The molecule has 1 heteroatoms. The number of benzene rings is 9. The molecule has 0 unspecified atom stereocenters. The van der Waals surface area contributed by atoms with Gasteiger partial charge in [-0.05, 0) is 113 Å². The van der Waals surface area contributed by atoms with Gasteiger partial charge >= 0.3 is 0 Å². The van der Waals surface area contributed by atoms with Crippen LogP contribution < -0.4 is 0 Å². The zero-order chi connectivity index (χ0) is 35.2. The van der Waals surface area contributed by atoms with E-state index < -0.39 is 6.04 Å². The zero-order valence-corrected chi connectivity index (χ0v) is 25.2. The van der Waals surface area contributed by atoms with Crippen molar-refractivity contribution in [2.75, 3.05) is 0 Å². The lowest BCUT2D eigenvalue weighted by molar-refractivity contribution is 0.669. The SMILES string of the molecule is [2H]c1c([2H])c([2H])c(-c2ccc3cc(-c4c5ccccc5c(-c5ccc6c(c5)oc5cc7ccccc7cc56)c5ccccc45)ccc3c2)c([2H])c1[2H]. The minimum absolute atomic E-state index is 0.201. The highest BCUT2D eigenvalue weighted by Gasteiger charge is 2.18. The molecule has 47 heavy (non-hydrogen) atoms. The summed E-state index contributed by atoms with van der Waals surface area (Å²) in [5.41, 5.74) is 7.00. The van der Waals surface area contributed by atoms with E-state index in [-0.39, 0.29) is 29.7 Å². The predicted octanol–water partition coefficient (Wildman–Crippen LogP) is 13.2. The fourth-order valence-corrected chi connectivity index (χ4v) is 7.32. The van der Waals surface area contributed by atoms with Gasteiger partial charge in [-0.2, -0.15) is 0 Å². The molecule has 1 heterocycles. The Balaban J connectivity index is 1.15. The molecule has 0 aliphatic heterocycles. The Morgan fingerprint density at radius 1 is 0.340 bits per heavy atom. The van der Waals surface area contributed by atoms with Gasteiger partial charge < -0.3 is 4.42 Å². The molecule has 0 radical (unpaired) electrons. The van der Waals surface area contributed by atoms with Gasteiger partial charge in [-0.3, -0.25) is 0 Å². The second kappa shape index (κ2) is 10.2. The van der Waals surface area contributed by atoms with E-state index in [1.54, 1.807) is 0 Å². The highest BCUT2D eigenvalue weighted by atomic mass is 16.3. The van der Waals surface area contributed by atoms with Gasteiger partial charge in [0.2, 0.25) is 0 Å². The second-order valence-corrected chi connectivity index (χ2v) is 12.1. The lowest BCUT2D eigenvalue weighted by Gasteiger charge is -2.18. The van der Waals surface area contributed by atoms with Crippen molar-refractivity contribution in [3.8, 4) is 33.4 Å². The van der Waals surface area contributed by atoms with Crippen LogP contribution in [0, 0.1) is 0 Å². The van der Waals surface area contributed by atoms with Gasteiger partial charge in [-0.15, -0.1) is 0 Å². The normalized spacial score (nSPS) is 13.3. The van der Waals surface area contributed by atoms with Gasteiger partial charge in [0.1, 0.15) is 11.2 Å². The van der Waals surface area contributed by atoms with Crippen LogP contribution in [0.5, 0.6) is 0 Å². The molecule has 0 aliphatic rings. The predicted molar refractivity (Wildman–Crippen MR) is 200 cm³/mol. The van der Waals surface area contributed by atoms with Crippen molar-refractivity contribution in [3.63, 3.8) is 0 Å². The molecule has 10 aromatic rings. The van der Waals surface area contributed by atoms with E-state index in [9.17, 15) is 0 Å². The molecule has 0 fully saturated rings. The summed E-state index contributed by atoms with van der Waals surface area (Å²) in [5, 5.41) is 11.1. The molecule has 0 saturated heterocycles. The summed E-state index contributed by atoms with van der Waals surface area (Å²) in [5.74, 6) is 0. The van der Waals surface area contributed by atoms with Crippen LogP contribution >= 0.6 is 0 Å². The molecule has 218 valence electrons. The van der Waals surface area contributed by atoms with Crippen LogP contribution in [0.15, 0.2) is 174 Å². The maximum atomic E-state index is 8.48. The van der Waals surface area contributed by atoms with Crippen LogP contribution in [0.3, 0.4) is 0 Å². The molecular formula is C46H28O. The average molecular weight is 602 g/mol. The Kier molecular flexibility index (Phi) is 4.66. The monoisotopic (exact) mass is 601 g/mol. The van der Waals surface area contributed by atoms with E-state index in [1.165, 1.54) is 5.39 Å². The molecule has 0 amide bonds. The third kappa shape index (κ3) is 4.10. The Morgan fingerprint density at radius 3 is 1.49 bits per heavy atom. The van der Waals surface area contributed by atoms with E-state index in [4.69, 9.17) is 11.3 Å². The average Bonchev–Trinajstić information content (AvgIpc) is 3.53. The fourth-order valence-electron chi connectivity index (χ4n) is 7.32. The van der Waals surface area contributed by atoms with E-state index in [2.05, 4.69) is 121 Å². The summed E-state index contributed by atoms with van der Waals surface area (Å²) >= 11 is 0. The Labute approximate surface area is 279 Å². The van der Waals surface area contributed by atoms with Crippen molar-refractivity contribution in [1.82, 2.24) is 0 Å². The number of fused-ring (bicyclic) bond motifs is 7. The second-order valence-electron chi connectivity index (χ2n) is 12.1. The van der Waals surface area contributed by atoms with Gasteiger partial charge in [-0.25, -0.2) is 0 Å². The largest absolute Gasteiger partial charge is 0.456 e. The van der Waals surface area contributed by atoms with Gasteiger partial charge in [0, 0.05) is 10.8 Å². The Bertz CT molecular complexity index is 3050. The number of hydrogen-bond donors (Lipinski definition) is 0. The minimum Gasteiger partial charge on any atom is -0.456 e. The maximum Gasteiger partial charge on any atom is 0.136 e. The molecule has 0 atom stereocenters. The first kappa shape index (κ1) is 21.5. The standard InChI is InChI=1S/C46H28O/c1-2-10-29(11-3-1)32-18-19-34-25-35(21-20-33(34)24-32)45-38-14-6-8-16-40(38)46(41-17-9-7-15-39(41)45)36-22-23-37-42-26-30-12-4-5-13-31(30)27-44(42)47-43(37)28-36/h1-28H/i1D,2D,3D,10D,11D. The lowest BCUT2D eigenvalue weighted by Crippen LogP contribution is -1.91. The number of rotatable bonds is 3. The van der Waals surface area contributed by atoms with Crippen molar-refractivity contribution < 1.29 is 11.3 Å². The first-order valence-corrected chi connectivity index (χ1v) is 15.8. The topological polar surface area (TPSA) is 13.1 Å². The third-order valence-electron chi connectivity index (χ3n) is 9.48. The summed E-state index contributed by atoms with van der Waals surface area (Å²) < 4.78 is 47.7. The van der Waals surface area contributed by atoms with Crippen LogP contribution in [0.2, 0.25) is 0 Å². The number of hydrogen-bond acceptors (Lipinski definition) is 1. The van der Waals surface area contributed by atoms with Crippen LogP contribution in [0.25, 0.3) is 98.4 Å². The van der Waals surface area contributed by atoms with E-state index in [0.29, 0.717) is 5.56 Å². The molecule has 0 bridgehead atoms. The summed E-state index contributed by atoms with van der Waals surface area (Å²) in [6.07, 6.45) is 0. The Morgan fingerprint density at radius 2 is 0.830 bits per heavy atom. The summed E-state index contributed by atoms with van der Waals surface area (Å²) in [4.78, 5) is 0. The third-order valence-corrected chi connectivity index (χ3v) is 9.48. The van der Waals surface area contributed by atoms with Crippen molar-refractivity contribution in [2.24, 2.45) is 0 Å². The van der Waals surface area contributed by atoms with E-state index in [0.717, 1.165) is 81.9 Å². The molecule has 10 rings (SSSR count). The van der Waals surface area contributed by atoms with Gasteiger partial charge in [0.25, 0.3) is 0 Å². The smallest absolute Gasteiger partial charge is 0.136 e. The molecule has 1 aromatic heterocycles. The highest BCUT2D eigenvalue weighted by Crippen LogP contribution is 2.45. The molecule has 1 nitrogen and oxygen atoms in total. The van der Waals surface area contributed by atoms with E-state index >= 15 is 0 Å². The fraction of sp³-hybridized carbons (Fsp3) is 0. The van der Waals surface area contributed by atoms with Crippen molar-refractivity contribution in [3.05, 3.63) is 170 Å². The first-order valence-electron chi connectivity index (χ1n) is 18.3. The minimum atomic E-state index is -0.390. The number of furan rings is 1. The molecular weight excluding hydrogens is 569 g/mol. The van der Waals surface area contributed by atoms with Gasteiger partial charge in [-0.1, -0.05) is 133 Å². The van der Waals surface area contributed by atoms with Crippen LogP contribution in [0.1, 0.15) is 6.85 Å². The van der Waals surface area contributed by atoms with E-state index in [1.807, 2.05) is 18.2 Å². The molecule has 0 aliphatic carbocycles. The van der Waals surface area contributed by atoms with Crippen LogP contribution in [0.4, 0.5) is 0 Å². The summed E-state index contributed by atoms with van der Waals surface area (Å²) in [6, 6.07) is 47.1. The molecule has 0 saturated carbocycles. The lowest BCUT2D eigenvalue weighted by atomic mass is 9.85. The molecule has 0 N–H and O–H groups in total. The van der Waals surface area contributed by atoms with Crippen molar-refractivity contribution in [1.29, 1.82) is 0 Å². The van der Waals surface area contributed by atoms with Gasteiger partial charge in [0.05, 0.1) is 6.85 Å². The summed E-state index contributed by atoms with van der Waals surface area (Å²) in [7, 11) is 0. The van der Waals surface area contributed by atoms with Crippen LogP contribution in [-0.2, 0) is 0 Å². The highest BCUT2D eigenvalue weighted by molar-refractivity contribution is 6.22. The van der Waals surface area contributed by atoms with Crippen molar-refractivity contribution in [2.45, 2.75) is 0 Å². The maximum absolute atomic E-state index is 8.48. The quantitative estimate of drug-likeness (QED) is 0.184. The first-order chi connectivity index (χ1) is 25.4. The molecule has 9 aromatic carbocycles.